The van der Waals surface area contributed by atoms with Crippen LogP contribution in [-0.2, 0) is 23.5 Å². The summed E-state index contributed by atoms with van der Waals surface area (Å²) < 4.78 is 28.3. The van der Waals surface area contributed by atoms with E-state index in [0.717, 1.165) is 32.0 Å². The number of carboxylic acids is 1. The first kappa shape index (κ1) is 19.2. The highest BCUT2D eigenvalue weighted by atomic mass is 32.2. The minimum atomic E-state index is -3.98. The van der Waals surface area contributed by atoms with Gasteiger partial charge in [0, 0.05) is 30.5 Å². The fourth-order valence-corrected chi connectivity index (χ4v) is 4.79. The number of hydrogen-bond acceptors (Lipinski definition) is 6. The van der Waals surface area contributed by atoms with Crippen molar-refractivity contribution in [2.75, 3.05) is 6.54 Å². The summed E-state index contributed by atoms with van der Waals surface area (Å²) in [4.78, 5) is 16.6. The van der Waals surface area contributed by atoms with E-state index in [2.05, 4.69) is 14.8 Å². The number of aryl methyl sites for hydroxylation is 2. The Hall–Kier alpha value is -2.56. The molecule has 0 saturated heterocycles. The van der Waals surface area contributed by atoms with Gasteiger partial charge in [0.1, 0.15) is 4.90 Å². The number of rotatable bonds is 7. The smallest absolute Gasteiger partial charge is 0.355 e. The highest BCUT2D eigenvalue weighted by molar-refractivity contribution is 7.89. The normalized spacial score (nSPS) is 11.6. The Morgan fingerprint density at radius 2 is 2.00 bits per heavy atom. The van der Waals surface area contributed by atoms with Gasteiger partial charge in [-0.15, -0.1) is 11.3 Å². The van der Waals surface area contributed by atoms with Crippen molar-refractivity contribution in [3.8, 4) is 11.3 Å². The van der Waals surface area contributed by atoms with Crippen LogP contribution in [0.1, 0.15) is 20.4 Å². The molecule has 0 amide bonds. The van der Waals surface area contributed by atoms with Crippen molar-refractivity contribution in [1.82, 2.24) is 19.5 Å². The van der Waals surface area contributed by atoms with Gasteiger partial charge in [0.25, 0.3) is 0 Å². The fraction of sp³-hybridized carbons (Fsp3) is 0.235. The van der Waals surface area contributed by atoms with Crippen molar-refractivity contribution in [1.29, 1.82) is 0 Å². The van der Waals surface area contributed by atoms with E-state index in [-0.39, 0.29) is 17.1 Å². The highest BCUT2D eigenvalue weighted by Crippen LogP contribution is 2.27. The number of sulfonamides is 1. The average Bonchev–Trinajstić information content (AvgIpc) is 3.19. The molecule has 0 fully saturated rings. The molecule has 2 aromatic heterocycles. The van der Waals surface area contributed by atoms with Crippen LogP contribution in [0.25, 0.3) is 11.3 Å². The van der Waals surface area contributed by atoms with Gasteiger partial charge >= 0.3 is 5.97 Å². The standard InChI is InChI=1S/C17H18N4O4S2/c1-11-15(12-6-4-3-5-7-12)20-14(26-11)8-9-19-27(24,25)13-10-18-21(2)16(13)17(22)23/h3-7,10,19H,8-9H2,1-2H3,(H,22,23). The number of nitrogens with one attached hydrogen (secondary N) is 1. The molecule has 0 unspecified atom stereocenters. The number of thiazole rings is 1. The second-order valence-electron chi connectivity index (χ2n) is 5.81. The van der Waals surface area contributed by atoms with E-state index >= 15 is 0 Å². The van der Waals surface area contributed by atoms with Crippen LogP contribution < -0.4 is 4.72 Å². The minimum absolute atomic E-state index is 0.109. The first-order valence-electron chi connectivity index (χ1n) is 8.06. The molecule has 142 valence electrons. The van der Waals surface area contributed by atoms with Crippen molar-refractivity contribution in [2.45, 2.75) is 18.2 Å². The number of carboxylic acid groups (broad SMARTS) is 1. The Morgan fingerprint density at radius 3 is 2.67 bits per heavy atom. The van der Waals surface area contributed by atoms with E-state index < -0.39 is 16.0 Å². The average molecular weight is 406 g/mol. The monoisotopic (exact) mass is 406 g/mol. The lowest BCUT2D eigenvalue weighted by atomic mass is 10.1. The Labute approximate surface area is 160 Å². The zero-order chi connectivity index (χ0) is 19.6. The van der Waals surface area contributed by atoms with Gasteiger partial charge in [-0.25, -0.2) is 22.9 Å². The summed E-state index contributed by atoms with van der Waals surface area (Å²) >= 11 is 1.51. The Balaban J connectivity index is 1.71. The van der Waals surface area contributed by atoms with E-state index in [4.69, 9.17) is 0 Å². The topological polar surface area (TPSA) is 114 Å². The third kappa shape index (κ3) is 4.07. The molecule has 0 saturated carbocycles. The van der Waals surface area contributed by atoms with Crippen LogP contribution in [0.15, 0.2) is 41.4 Å². The van der Waals surface area contributed by atoms with Crippen LogP contribution in [-0.4, -0.2) is 40.8 Å². The molecule has 1 aromatic carbocycles. The van der Waals surface area contributed by atoms with Crippen LogP contribution in [0.3, 0.4) is 0 Å². The number of hydrogen-bond donors (Lipinski definition) is 2. The van der Waals surface area contributed by atoms with Crippen molar-refractivity contribution >= 4 is 27.3 Å². The SMILES string of the molecule is Cc1sc(CCNS(=O)(=O)c2cnn(C)c2C(=O)O)nc1-c1ccccc1. The predicted octanol–water partition coefficient (Wildman–Crippen LogP) is 2.07. The maximum atomic E-state index is 12.4. The molecule has 0 aliphatic rings. The van der Waals surface area contributed by atoms with Crippen LogP contribution in [0.4, 0.5) is 0 Å². The van der Waals surface area contributed by atoms with Gasteiger partial charge in [-0.1, -0.05) is 30.3 Å². The lowest BCUT2D eigenvalue weighted by Gasteiger charge is -2.05. The zero-order valence-corrected chi connectivity index (χ0v) is 16.3. The molecular weight excluding hydrogens is 388 g/mol. The molecule has 0 aliphatic carbocycles. The molecule has 2 N–H and O–H groups in total. The van der Waals surface area contributed by atoms with Crippen molar-refractivity contribution in [2.24, 2.45) is 7.05 Å². The van der Waals surface area contributed by atoms with E-state index in [1.807, 2.05) is 37.3 Å². The van der Waals surface area contributed by atoms with Crippen LogP contribution in [0.2, 0.25) is 0 Å². The summed E-state index contributed by atoms with van der Waals surface area (Å²) in [6, 6.07) is 9.77. The summed E-state index contributed by atoms with van der Waals surface area (Å²) in [5.41, 5.74) is 1.53. The van der Waals surface area contributed by atoms with Gasteiger partial charge in [0.05, 0.1) is 16.9 Å². The third-order valence-electron chi connectivity index (χ3n) is 3.92. The molecule has 2 heterocycles. The summed E-state index contributed by atoms with van der Waals surface area (Å²) in [5, 5.41) is 13.7. The van der Waals surface area contributed by atoms with E-state index in [0.29, 0.717) is 6.42 Å². The lowest BCUT2D eigenvalue weighted by Crippen LogP contribution is -2.27. The van der Waals surface area contributed by atoms with E-state index in [9.17, 15) is 18.3 Å². The van der Waals surface area contributed by atoms with Gasteiger partial charge < -0.3 is 5.11 Å². The summed E-state index contributed by atoms with van der Waals surface area (Å²) in [5.74, 6) is -1.35. The molecule has 3 aromatic rings. The van der Waals surface area contributed by atoms with Gasteiger partial charge in [-0.2, -0.15) is 5.10 Å². The second-order valence-corrected chi connectivity index (χ2v) is 8.84. The van der Waals surface area contributed by atoms with Gasteiger partial charge in [0.2, 0.25) is 10.0 Å². The fourth-order valence-electron chi connectivity index (χ4n) is 2.65. The number of nitrogens with zero attached hydrogens (tertiary/aromatic N) is 3. The van der Waals surface area contributed by atoms with Gasteiger partial charge in [-0.3, -0.25) is 4.68 Å². The molecule has 0 atom stereocenters. The number of benzene rings is 1. The van der Waals surface area contributed by atoms with Gasteiger partial charge in [0.15, 0.2) is 5.69 Å². The van der Waals surface area contributed by atoms with Gasteiger partial charge in [-0.05, 0) is 6.92 Å². The van der Waals surface area contributed by atoms with Crippen LogP contribution in [0, 0.1) is 6.92 Å². The van der Waals surface area contributed by atoms with E-state index in [1.54, 1.807) is 0 Å². The Morgan fingerprint density at radius 1 is 1.30 bits per heavy atom. The molecule has 10 heteroatoms. The number of aromatic carboxylic acids is 1. The Bertz CT molecular complexity index is 1070. The summed E-state index contributed by atoms with van der Waals surface area (Å²) in [6.07, 6.45) is 1.44. The van der Waals surface area contributed by atoms with E-state index in [1.165, 1.54) is 18.4 Å². The molecule has 3 rings (SSSR count). The molecule has 0 aliphatic heterocycles. The largest absolute Gasteiger partial charge is 0.476 e. The first-order valence-corrected chi connectivity index (χ1v) is 10.4. The first-order chi connectivity index (χ1) is 12.8. The van der Waals surface area contributed by atoms with Crippen molar-refractivity contribution in [3.05, 3.63) is 52.1 Å². The number of aromatic nitrogens is 3. The second kappa shape index (κ2) is 7.59. The summed E-state index contributed by atoms with van der Waals surface area (Å²) in [6.45, 7) is 2.08. The predicted molar refractivity (Wildman–Crippen MR) is 101 cm³/mol. The molecule has 27 heavy (non-hydrogen) atoms. The quantitative estimate of drug-likeness (QED) is 0.621. The maximum Gasteiger partial charge on any atom is 0.355 e. The highest BCUT2D eigenvalue weighted by Gasteiger charge is 2.26. The van der Waals surface area contributed by atoms with Crippen LogP contribution >= 0.6 is 11.3 Å². The molecule has 0 bridgehead atoms. The third-order valence-corrected chi connectivity index (χ3v) is 6.41. The van der Waals surface area contributed by atoms with Crippen molar-refractivity contribution < 1.29 is 18.3 Å². The molecule has 8 nitrogen and oxygen atoms in total. The zero-order valence-electron chi connectivity index (χ0n) is 14.7. The summed E-state index contributed by atoms with van der Waals surface area (Å²) in [7, 11) is -2.60. The Kier molecular flexibility index (Phi) is 5.40. The molecular formula is C17H18N4O4S2. The minimum Gasteiger partial charge on any atom is -0.476 e. The van der Waals surface area contributed by atoms with Crippen molar-refractivity contribution in [3.63, 3.8) is 0 Å². The molecule has 0 spiro atoms. The van der Waals surface area contributed by atoms with Crippen LogP contribution in [0.5, 0.6) is 0 Å². The maximum absolute atomic E-state index is 12.4. The number of carbonyl (C=O) groups is 1. The lowest BCUT2D eigenvalue weighted by molar-refractivity contribution is 0.0680. The molecule has 0 radical (unpaired) electrons.